The Hall–Kier alpha value is -1.02. The summed E-state index contributed by atoms with van der Waals surface area (Å²) < 4.78 is 5.24. The molecule has 12 heavy (non-hydrogen) atoms. The van der Waals surface area contributed by atoms with Crippen LogP contribution in [0.3, 0.4) is 0 Å². The highest BCUT2D eigenvalue weighted by molar-refractivity contribution is 5.04. The largest absolute Gasteiger partial charge is 0.468 e. The predicted octanol–water partition coefficient (Wildman–Crippen LogP) is 2.50. The Kier molecular flexibility index (Phi) is 3.11. The van der Waals surface area contributed by atoms with Crippen LogP contribution < -0.4 is 5.32 Å². The van der Waals surface area contributed by atoms with E-state index in [0.717, 1.165) is 5.76 Å². The molecular weight excluding hydrogens is 150 g/mol. The summed E-state index contributed by atoms with van der Waals surface area (Å²) in [5, 5.41) is 3.32. The molecule has 0 spiro atoms. The SMILES string of the molecule is C=CC(C)NC(C)c1ccco1. The van der Waals surface area contributed by atoms with Gasteiger partial charge in [0, 0.05) is 6.04 Å². The molecule has 66 valence electrons. The first kappa shape index (κ1) is 9.07. The van der Waals surface area contributed by atoms with E-state index in [1.54, 1.807) is 6.26 Å². The maximum atomic E-state index is 5.24. The van der Waals surface area contributed by atoms with Crippen molar-refractivity contribution in [1.29, 1.82) is 0 Å². The van der Waals surface area contributed by atoms with Gasteiger partial charge in [-0.2, -0.15) is 0 Å². The van der Waals surface area contributed by atoms with Crippen LogP contribution in [0.2, 0.25) is 0 Å². The fourth-order valence-electron chi connectivity index (χ4n) is 1.08. The van der Waals surface area contributed by atoms with E-state index in [-0.39, 0.29) is 6.04 Å². The van der Waals surface area contributed by atoms with Crippen molar-refractivity contribution in [1.82, 2.24) is 5.32 Å². The zero-order valence-corrected chi connectivity index (χ0v) is 7.58. The van der Waals surface area contributed by atoms with Crippen LogP contribution in [0.1, 0.15) is 25.6 Å². The maximum Gasteiger partial charge on any atom is 0.120 e. The summed E-state index contributed by atoms with van der Waals surface area (Å²) in [5.74, 6) is 0.962. The standard InChI is InChI=1S/C10H15NO/c1-4-8(2)11-9(3)10-6-5-7-12-10/h4-9,11H,1H2,2-3H3. The molecule has 0 aliphatic heterocycles. The second-order valence-corrected chi connectivity index (χ2v) is 2.93. The van der Waals surface area contributed by atoms with Crippen LogP contribution in [0.15, 0.2) is 35.5 Å². The fourth-order valence-corrected chi connectivity index (χ4v) is 1.08. The van der Waals surface area contributed by atoms with Gasteiger partial charge in [0.05, 0.1) is 12.3 Å². The second kappa shape index (κ2) is 4.12. The minimum Gasteiger partial charge on any atom is -0.468 e. The van der Waals surface area contributed by atoms with Crippen LogP contribution in [0, 0.1) is 0 Å². The average Bonchev–Trinajstić information content (AvgIpc) is 2.56. The number of hydrogen-bond donors (Lipinski definition) is 1. The third-order valence-corrected chi connectivity index (χ3v) is 1.84. The van der Waals surface area contributed by atoms with Gasteiger partial charge >= 0.3 is 0 Å². The first-order valence-electron chi connectivity index (χ1n) is 4.16. The van der Waals surface area contributed by atoms with Crippen molar-refractivity contribution >= 4 is 0 Å². The molecule has 1 N–H and O–H groups in total. The number of rotatable bonds is 4. The van der Waals surface area contributed by atoms with Crippen molar-refractivity contribution in [3.8, 4) is 0 Å². The summed E-state index contributed by atoms with van der Waals surface area (Å²) >= 11 is 0. The minimum atomic E-state index is 0.244. The van der Waals surface area contributed by atoms with Gasteiger partial charge < -0.3 is 9.73 Å². The van der Waals surface area contributed by atoms with Crippen LogP contribution >= 0.6 is 0 Å². The molecule has 2 atom stereocenters. The Bertz CT molecular complexity index is 228. The quantitative estimate of drug-likeness (QED) is 0.693. The third-order valence-electron chi connectivity index (χ3n) is 1.84. The van der Waals surface area contributed by atoms with Gasteiger partial charge in [0.15, 0.2) is 0 Å². The van der Waals surface area contributed by atoms with Crippen LogP contribution in [0.25, 0.3) is 0 Å². The topological polar surface area (TPSA) is 25.2 Å². The van der Waals surface area contributed by atoms with E-state index in [4.69, 9.17) is 4.42 Å². The molecule has 1 aromatic rings. The van der Waals surface area contributed by atoms with Crippen molar-refractivity contribution in [3.63, 3.8) is 0 Å². The minimum absolute atomic E-state index is 0.244. The Labute approximate surface area is 73.3 Å². The smallest absolute Gasteiger partial charge is 0.120 e. The van der Waals surface area contributed by atoms with E-state index < -0.39 is 0 Å². The Morgan fingerprint density at radius 2 is 2.33 bits per heavy atom. The van der Waals surface area contributed by atoms with Crippen molar-refractivity contribution in [2.24, 2.45) is 0 Å². The summed E-state index contributed by atoms with van der Waals surface area (Å²) in [6.07, 6.45) is 3.56. The van der Waals surface area contributed by atoms with E-state index in [9.17, 15) is 0 Å². The summed E-state index contributed by atoms with van der Waals surface area (Å²) in [4.78, 5) is 0. The molecule has 0 bridgehead atoms. The first-order chi connectivity index (χ1) is 5.74. The lowest BCUT2D eigenvalue weighted by Gasteiger charge is -2.14. The highest BCUT2D eigenvalue weighted by Crippen LogP contribution is 2.12. The summed E-state index contributed by atoms with van der Waals surface area (Å²) in [7, 11) is 0. The fraction of sp³-hybridized carbons (Fsp3) is 0.400. The van der Waals surface area contributed by atoms with E-state index in [1.165, 1.54) is 0 Å². The summed E-state index contributed by atoms with van der Waals surface area (Å²) in [5.41, 5.74) is 0. The summed E-state index contributed by atoms with van der Waals surface area (Å²) in [6.45, 7) is 7.83. The van der Waals surface area contributed by atoms with Crippen molar-refractivity contribution in [2.75, 3.05) is 0 Å². The van der Waals surface area contributed by atoms with Gasteiger partial charge in [-0.3, -0.25) is 0 Å². The Morgan fingerprint density at radius 3 is 2.83 bits per heavy atom. The number of furan rings is 1. The van der Waals surface area contributed by atoms with Crippen LogP contribution in [0.4, 0.5) is 0 Å². The average molecular weight is 165 g/mol. The van der Waals surface area contributed by atoms with Gasteiger partial charge in [0.1, 0.15) is 5.76 Å². The molecule has 1 rings (SSSR count). The van der Waals surface area contributed by atoms with Gasteiger partial charge in [-0.15, -0.1) is 6.58 Å². The molecule has 1 aromatic heterocycles. The van der Waals surface area contributed by atoms with E-state index in [0.29, 0.717) is 6.04 Å². The third kappa shape index (κ3) is 2.24. The Balaban J connectivity index is 2.49. The van der Waals surface area contributed by atoms with Gasteiger partial charge in [-0.1, -0.05) is 6.08 Å². The number of hydrogen-bond acceptors (Lipinski definition) is 2. The predicted molar refractivity (Wildman–Crippen MR) is 49.9 cm³/mol. The van der Waals surface area contributed by atoms with E-state index in [2.05, 4.69) is 25.7 Å². The highest BCUT2D eigenvalue weighted by atomic mass is 16.3. The first-order valence-corrected chi connectivity index (χ1v) is 4.16. The second-order valence-electron chi connectivity index (χ2n) is 2.93. The molecule has 0 radical (unpaired) electrons. The number of nitrogens with one attached hydrogen (secondary N) is 1. The van der Waals surface area contributed by atoms with Gasteiger partial charge in [0.2, 0.25) is 0 Å². The molecule has 1 heterocycles. The molecule has 2 unspecified atom stereocenters. The van der Waals surface area contributed by atoms with Crippen LogP contribution in [0.5, 0.6) is 0 Å². The van der Waals surface area contributed by atoms with Crippen LogP contribution in [-0.4, -0.2) is 6.04 Å². The van der Waals surface area contributed by atoms with Gasteiger partial charge in [0.25, 0.3) is 0 Å². The van der Waals surface area contributed by atoms with Crippen molar-refractivity contribution in [2.45, 2.75) is 25.9 Å². The van der Waals surface area contributed by atoms with Crippen molar-refractivity contribution < 1.29 is 4.42 Å². The lowest BCUT2D eigenvalue weighted by molar-refractivity contribution is 0.419. The van der Waals surface area contributed by atoms with Crippen LogP contribution in [-0.2, 0) is 0 Å². The zero-order valence-electron chi connectivity index (χ0n) is 7.58. The molecule has 0 amide bonds. The highest BCUT2D eigenvalue weighted by Gasteiger charge is 2.08. The molecule has 0 aromatic carbocycles. The molecule has 0 aliphatic carbocycles. The molecule has 0 aliphatic rings. The zero-order chi connectivity index (χ0) is 8.97. The van der Waals surface area contributed by atoms with Crippen molar-refractivity contribution in [3.05, 3.63) is 36.8 Å². The summed E-state index contributed by atoms with van der Waals surface area (Å²) in [6, 6.07) is 4.41. The molecule has 2 heteroatoms. The lowest BCUT2D eigenvalue weighted by Crippen LogP contribution is -2.26. The molecule has 2 nitrogen and oxygen atoms in total. The normalized spacial score (nSPS) is 15.5. The molecule has 0 saturated carbocycles. The lowest BCUT2D eigenvalue weighted by atomic mass is 10.2. The maximum absolute atomic E-state index is 5.24. The van der Waals surface area contributed by atoms with Gasteiger partial charge in [-0.05, 0) is 26.0 Å². The van der Waals surface area contributed by atoms with E-state index in [1.807, 2.05) is 18.2 Å². The molecule has 0 saturated heterocycles. The Morgan fingerprint density at radius 1 is 1.58 bits per heavy atom. The van der Waals surface area contributed by atoms with E-state index >= 15 is 0 Å². The molecule has 0 fully saturated rings. The molecular formula is C10H15NO. The monoisotopic (exact) mass is 165 g/mol. The van der Waals surface area contributed by atoms with Gasteiger partial charge in [-0.25, -0.2) is 0 Å².